The summed E-state index contributed by atoms with van der Waals surface area (Å²) in [7, 11) is 1.69. The number of anilines is 1. The summed E-state index contributed by atoms with van der Waals surface area (Å²) in [5.41, 5.74) is 8.96. The van der Waals surface area contributed by atoms with E-state index in [9.17, 15) is 4.79 Å². The quantitative estimate of drug-likeness (QED) is 0.875. The van der Waals surface area contributed by atoms with Crippen LogP contribution >= 0.6 is 22.9 Å². The molecule has 1 amide bonds. The molecule has 0 saturated carbocycles. The van der Waals surface area contributed by atoms with Crippen LogP contribution in [0.15, 0.2) is 23.2 Å². The van der Waals surface area contributed by atoms with Crippen molar-refractivity contribution in [2.45, 2.75) is 6.54 Å². The standard InChI is InChI=1S/C11H11ClN4OS/c1-16(4-7-5-18-6-15-7)11(17)8-2-10(12)14-3-9(8)13/h2-3,5-6H,4,13H2,1H3. The van der Waals surface area contributed by atoms with E-state index >= 15 is 0 Å². The summed E-state index contributed by atoms with van der Waals surface area (Å²) in [6.07, 6.45) is 1.38. The number of nitrogen functional groups attached to an aromatic ring is 1. The van der Waals surface area contributed by atoms with E-state index in [0.29, 0.717) is 17.8 Å². The molecule has 0 unspecified atom stereocenters. The highest BCUT2D eigenvalue weighted by atomic mass is 35.5. The molecule has 0 radical (unpaired) electrons. The summed E-state index contributed by atoms with van der Waals surface area (Å²) in [4.78, 5) is 21.7. The summed E-state index contributed by atoms with van der Waals surface area (Å²) >= 11 is 7.25. The minimum Gasteiger partial charge on any atom is -0.397 e. The van der Waals surface area contributed by atoms with Crippen molar-refractivity contribution in [3.05, 3.63) is 39.6 Å². The molecule has 0 saturated heterocycles. The molecule has 0 atom stereocenters. The monoisotopic (exact) mass is 282 g/mol. The van der Waals surface area contributed by atoms with Crippen LogP contribution in [0.2, 0.25) is 5.15 Å². The van der Waals surface area contributed by atoms with E-state index in [2.05, 4.69) is 9.97 Å². The molecule has 0 spiro atoms. The highest BCUT2D eigenvalue weighted by Gasteiger charge is 2.16. The summed E-state index contributed by atoms with van der Waals surface area (Å²) in [5, 5.41) is 2.14. The Morgan fingerprint density at radius 1 is 1.56 bits per heavy atom. The van der Waals surface area contributed by atoms with Gasteiger partial charge in [0.2, 0.25) is 0 Å². The lowest BCUT2D eigenvalue weighted by Gasteiger charge is -2.16. The van der Waals surface area contributed by atoms with Gasteiger partial charge in [0.25, 0.3) is 5.91 Å². The molecule has 18 heavy (non-hydrogen) atoms. The van der Waals surface area contributed by atoms with Crippen LogP contribution in [0.1, 0.15) is 16.1 Å². The Labute approximate surface area is 113 Å². The Morgan fingerprint density at radius 2 is 2.33 bits per heavy atom. The second kappa shape index (κ2) is 5.32. The van der Waals surface area contributed by atoms with Crippen molar-refractivity contribution in [3.8, 4) is 0 Å². The zero-order valence-corrected chi connectivity index (χ0v) is 11.2. The van der Waals surface area contributed by atoms with E-state index in [4.69, 9.17) is 17.3 Å². The first-order valence-corrected chi connectivity index (χ1v) is 6.43. The van der Waals surface area contributed by atoms with Crippen molar-refractivity contribution in [2.24, 2.45) is 0 Å². The third-order valence-electron chi connectivity index (χ3n) is 2.36. The van der Waals surface area contributed by atoms with Gasteiger partial charge >= 0.3 is 0 Å². The van der Waals surface area contributed by atoms with Gasteiger partial charge in [0.1, 0.15) is 5.15 Å². The molecule has 2 aromatic rings. The van der Waals surface area contributed by atoms with Crippen LogP contribution in [0.3, 0.4) is 0 Å². The maximum atomic E-state index is 12.2. The van der Waals surface area contributed by atoms with Crippen molar-refractivity contribution >= 4 is 34.5 Å². The number of nitrogens with two attached hydrogens (primary N) is 1. The van der Waals surface area contributed by atoms with Crippen LogP contribution < -0.4 is 5.73 Å². The van der Waals surface area contributed by atoms with Gasteiger partial charge in [-0.05, 0) is 6.07 Å². The molecule has 0 aliphatic carbocycles. The molecule has 0 bridgehead atoms. The van der Waals surface area contributed by atoms with Crippen molar-refractivity contribution in [1.29, 1.82) is 0 Å². The molecule has 2 rings (SSSR count). The molecule has 2 aromatic heterocycles. The zero-order chi connectivity index (χ0) is 13.1. The van der Waals surface area contributed by atoms with E-state index in [1.165, 1.54) is 28.5 Å². The number of thiazole rings is 1. The van der Waals surface area contributed by atoms with Gasteiger partial charge in [-0.3, -0.25) is 4.79 Å². The van der Waals surface area contributed by atoms with Crippen molar-refractivity contribution in [1.82, 2.24) is 14.9 Å². The number of carbonyl (C=O) groups excluding carboxylic acids is 1. The number of carbonyl (C=O) groups is 1. The lowest BCUT2D eigenvalue weighted by molar-refractivity contribution is 0.0784. The van der Waals surface area contributed by atoms with Gasteiger partial charge in [0, 0.05) is 12.4 Å². The SMILES string of the molecule is CN(Cc1cscn1)C(=O)c1cc(Cl)ncc1N. The van der Waals surface area contributed by atoms with E-state index in [-0.39, 0.29) is 11.1 Å². The Kier molecular flexibility index (Phi) is 3.78. The third-order valence-corrected chi connectivity index (χ3v) is 3.20. The Hall–Kier alpha value is -1.66. The number of rotatable bonds is 3. The first kappa shape index (κ1) is 12.8. The second-order valence-corrected chi connectivity index (χ2v) is 4.84. The van der Waals surface area contributed by atoms with Crippen molar-refractivity contribution in [3.63, 3.8) is 0 Å². The van der Waals surface area contributed by atoms with Gasteiger partial charge in [-0.15, -0.1) is 11.3 Å². The minimum absolute atomic E-state index is 0.204. The summed E-state index contributed by atoms with van der Waals surface area (Å²) < 4.78 is 0. The van der Waals surface area contributed by atoms with Crippen LogP contribution in [-0.2, 0) is 6.54 Å². The maximum absolute atomic E-state index is 12.2. The molecule has 2 N–H and O–H groups in total. The molecule has 0 aliphatic heterocycles. The Balaban J connectivity index is 2.17. The lowest BCUT2D eigenvalue weighted by atomic mass is 10.2. The minimum atomic E-state index is -0.204. The van der Waals surface area contributed by atoms with Crippen LogP contribution in [0.25, 0.3) is 0 Å². The molecule has 7 heteroatoms. The number of hydrogen-bond donors (Lipinski definition) is 1. The molecule has 5 nitrogen and oxygen atoms in total. The maximum Gasteiger partial charge on any atom is 0.256 e. The molecule has 0 aromatic carbocycles. The van der Waals surface area contributed by atoms with E-state index in [1.807, 2.05) is 5.38 Å². The number of hydrogen-bond acceptors (Lipinski definition) is 5. The highest BCUT2D eigenvalue weighted by Crippen LogP contribution is 2.17. The van der Waals surface area contributed by atoms with E-state index in [1.54, 1.807) is 12.6 Å². The number of halogens is 1. The average molecular weight is 283 g/mol. The van der Waals surface area contributed by atoms with Gasteiger partial charge in [-0.25, -0.2) is 9.97 Å². The summed E-state index contributed by atoms with van der Waals surface area (Å²) in [6.45, 7) is 0.432. The average Bonchev–Trinajstić information content (AvgIpc) is 2.84. The fourth-order valence-corrected chi connectivity index (χ4v) is 2.17. The first-order valence-electron chi connectivity index (χ1n) is 5.11. The molecule has 94 valence electrons. The van der Waals surface area contributed by atoms with Crippen LogP contribution in [0.4, 0.5) is 5.69 Å². The number of pyridine rings is 1. The van der Waals surface area contributed by atoms with Crippen LogP contribution in [0, 0.1) is 0 Å². The zero-order valence-electron chi connectivity index (χ0n) is 9.63. The normalized spacial score (nSPS) is 10.3. The first-order chi connectivity index (χ1) is 8.58. The van der Waals surface area contributed by atoms with E-state index in [0.717, 1.165) is 5.69 Å². The van der Waals surface area contributed by atoms with Crippen LogP contribution in [0.5, 0.6) is 0 Å². The van der Waals surface area contributed by atoms with Gasteiger partial charge in [-0.1, -0.05) is 11.6 Å². The molecular weight excluding hydrogens is 272 g/mol. The fourth-order valence-electron chi connectivity index (χ4n) is 1.46. The molecule has 2 heterocycles. The highest BCUT2D eigenvalue weighted by molar-refractivity contribution is 7.07. The lowest BCUT2D eigenvalue weighted by Crippen LogP contribution is -2.27. The molecule has 0 aliphatic rings. The topological polar surface area (TPSA) is 72.1 Å². The summed E-state index contributed by atoms with van der Waals surface area (Å²) in [5.74, 6) is -0.204. The Bertz CT molecular complexity index is 558. The van der Waals surface area contributed by atoms with Gasteiger partial charge in [-0.2, -0.15) is 0 Å². The van der Waals surface area contributed by atoms with Gasteiger partial charge in [0.15, 0.2) is 0 Å². The Morgan fingerprint density at radius 3 is 3.00 bits per heavy atom. The van der Waals surface area contributed by atoms with Crippen molar-refractivity contribution < 1.29 is 4.79 Å². The van der Waals surface area contributed by atoms with Crippen molar-refractivity contribution in [2.75, 3.05) is 12.8 Å². The fraction of sp³-hybridized carbons (Fsp3) is 0.182. The predicted octanol–water partition coefficient (Wildman–Crippen LogP) is 2.05. The molecular formula is C11H11ClN4OS. The van der Waals surface area contributed by atoms with E-state index < -0.39 is 0 Å². The predicted molar refractivity (Wildman–Crippen MR) is 71.6 cm³/mol. The smallest absolute Gasteiger partial charge is 0.256 e. The molecule has 0 fully saturated rings. The number of nitrogens with zero attached hydrogens (tertiary/aromatic N) is 3. The number of amides is 1. The van der Waals surface area contributed by atoms with Gasteiger partial charge in [0.05, 0.1) is 35.2 Å². The third kappa shape index (κ3) is 2.77. The van der Waals surface area contributed by atoms with Gasteiger partial charge < -0.3 is 10.6 Å². The second-order valence-electron chi connectivity index (χ2n) is 3.74. The summed E-state index contributed by atoms with van der Waals surface area (Å²) in [6, 6.07) is 1.47. The largest absolute Gasteiger partial charge is 0.397 e. The van der Waals surface area contributed by atoms with Crippen LogP contribution in [-0.4, -0.2) is 27.8 Å². The number of aromatic nitrogens is 2.